The second-order valence-corrected chi connectivity index (χ2v) is 5.34. The van der Waals surface area contributed by atoms with E-state index in [4.69, 9.17) is 4.74 Å². The fraction of sp³-hybridized carbons (Fsp3) is 0.909. The van der Waals surface area contributed by atoms with E-state index in [1.807, 2.05) is 0 Å². The van der Waals surface area contributed by atoms with Gasteiger partial charge in [0.25, 0.3) is 0 Å². The summed E-state index contributed by atoms with van der Waals surface area (Å²) in [6, 6.07) is -0.697. The summed E-state index contributed by atoms with van der Waals surface area (Å²) in [5, 5.41) is 2.38. The van der Waals surface area contributed by atoms with Gasteiger partial charge in [-0.25, -0.2) is 9.69 Å². The molecule has 18 heavy (non-hydrogen) atoms. The van der Waals surface area contributed by atoms with Crippen LogP contribution in [0, 0.1) is 0 Å². The van der Waals surface area contributed by atoms with Crippen LogP contribution in [0.2, 0.25) is 0 Å². The molecular weight excluding hydrogens is 249 g/mol. The molecule has 1 unspecified atom stereocenters. The first-order valence-corrected chi connectivity index (χ1v) is 5.90. The van der Waals surface area contributed by atoms with E-state index in [0.29, 0.717) is 17.7 Å². The Bertz CT molecular complexity index is 300. The van der Waals surface area contributed by atoms with Gasteiger partial charge in [-0.05, 0) is 33.6 Å². The van der Waals surface area contributed by atoms with Crippen molar-refractivity contribution in [2.24, 2.45) is 0 Å². The van der Waals surface area contributed by atoms with Crippen LogP contribution >= 0.6 is 0 Å². The van der Waals surface area contributed by atoms with Gasteiger partial charge >= 0.3 is 12.4 Å². The van der Waals surface area contributed by atoms with Crippen LogP contribution in [0.1, 0.15) is 33.6 Å². The summed E-state index contributed by atoms with van der Waals surface area (Å²) in [5.41, 5.74) is -0.649. The van der Waals surface area contributed by atoms with Crippen molar-refractivity contribution in [2.45, 2.75) is 51.6 Å². The van der Waals surface area contributed by atoms with Crippen molar-refractivity contribution in [3.8, 4) is 0 Å². The number of rotatable bonds is 2. The van der Waals surface area contributed by atoms with Crippen molar-refractivity contribution in [3.63, 3.8) is 0 Å². The minimum absolute atomic E-state index is 0.00976. The Balaban J connectivity index is 2.41. The molecule has 106 valence electrons. The van der Waals surface area contributed by atoms with Crippen LogP contribution in [-0.4, -0.2) is 42.0 Å². The molecule has 0 aliphatic carbocycles. The van der Waals surface area contributed by atoms with Crippen LogP contribution in [0.4, 0.5) is 18.0 Å². The lowest BCUT2D eigenvalue weighted by atomic mass is 10.2. The monoisotopic (exact) mass is 268 g/mol. The van der Waals surface area contributed by atoms with E-state index in [-0.39, 0.29) is 13.1 Å². The highest BCUT2D eigenvalue weighted by atomic mass is 19.4. The fourth-order valence-electron chi connectivity index (χ4n) is 1.90. The summed E-state index contributed by atoms with van der Waals surface area (Å²) in [4.78, 5) is 11.8. The molecule has 0 bridgehead atoms. The molecular formula is C11H19F3N2O2. The first kappa shape index (κ1) is 15.1. The Kier molecular flexibility index (Phi) is 4.47. The SMILES string of the molecule is CC(C)(C)OC(=O)NCC1CCCN1C(F)(F)F. The lowest BCUT2D eigenvalue weighted by Crippen LogP contribution is -2.47. The van der Waals surface area contributed by atoms with E-state index in [1.165, 1.54) is 0 Å². The van der Waals surface area contributed by atoms with Crippen LogP contribution in [0.3, 0.4) is 0 Å². The minimum Gasteiger partial charge on any atom is -0.444 e. The molecule has 1 saturated heterocycles. The first-order chi connectivity index (χ1) is 8.09. The molecule has 4 nitrogen and oxygen atoms in total. The van der Waals surface area contributed by atoms with Crippen LogP contribution in [0.25, 0.3) is 0 Å². The van der Waals surface area contributed by atoms with Crippen LogP contribution in [-0.2, 0) is 4.74 Å². The number of hydrogen-bond donors (Lipinski definition) is 1. The third-order valence-electron chi connectivity index (χ3n) is 2.58. The molecule has 1 amide bonds. The van der Waals surface area contributed by atoms with Gasteiger partial charge in [0.2, 0.25) is 0 Å². The number of nitrogens with zero attached hydrogens (tertiary/aromatic N) is 1. The number of likely N-dealkylation sites (tertiary alicyclic amines) is 1. The third kappa shape index (κ3) is 4.72. The molecule has 0 aromatic rings. The Morgan fingerprint density at radius 1 is 1.39 bits per heavy atom. The second kappa shape index (κ2) is 5.34. The largest absolute Gasteiger partial charge is 0.460 e. The van der Waals surface area contributed by atoms with Crippen molar-refractivity contribution in [1.82, 2.24) is 10.2 Å². The van der Waals surface area contributed by atoms with Gasteiger partial charge in [-0.15, -0.1) is 0 Å². The molecule has 0 saturated carbocycles. The molecule has 1 aliphatic heterocycles. The molecule has 0 spiro atoms. The lowest BCUT2D eigenvalue weighted by molar-refractivity contribution is -0.249. The molecule has 1 N–H and O–H groups in total. The number of alkyl carbamates (subject to hydrolysis) is 1. The van der Waals surface area contributed by atoms with Crippen molar-refractivity contribution in [1.29, 1.82) is 0 Å². The number of hydrogen-bond acceptors (Lipinski definition) is 3. The van der Waals surface area contributed by atoms with E-state index in [0.717, 1.165) is 0 Å². The maximum absolute atomic E-state index is 12.6. The summed E-state index contributed by atoms with van der Waals surface area (Å²) in [6.07, 6.45) is -4.11. The maximum Gasteiger partial charge on any atom is 0.460 e. The van der Waals surface area contributed by atoms with Gasteiger partial charge in [-0.2, -0.15) is 13.2 Å². The molecule has 7 heteroatoms. The van der Waals surface area contributed by atoms with Gasteiger partial charge in [0, 0.05) is 19.1 Å². The van der Waals surface area contributed by atoms with E-state index < -0.39 is 24.0 Å². The van der Waals surface area contributed by atoms with Gasteiger partial charge < -0.3 is 10.1 Å². The lowest BCUT2D eigenvalue weighted by Gasteiger charge is -2.27. The van der Waals surface area contributed by atoms with Crippen molar-refractivity contribution in [3.05, 3.63) is 0 Å². The Morgan fingerprint density at radius 2 is 2.00 bits per heavy atom. The molecule has 1 aliphatic rings. The summed E-state index contributed by atoms with van der Waals surface area (Å²) < 4.78 is 42.7. The van der Waals surface area contributed by atoms with E-state index in [1.54, 1.807) is 20.8 Å². The topological polar surface area (TPSA) is 41.6 Å². The summed E-state index contributed by atoms with van der Waals surface area (Å²) in [5.74, 6) is 0. The standard InChI is InChI=1S/C11H19F3N2O2/c1-10(2,3)18-9(17)15-7-8-5-4-6-16(8)11(12,13)14/h8H,4-7H2,1-3H3,(H,15,17). The summed E-state index contributed by atoms with van der Waals surface area (Å²) in [6.45, 7) is 5.04. The van der Waals surface area contributed by atoms with Crippen molar-refractivity contribution >= 4 is 6.09 Å². The normalized spacial score (nSPS) is 22.0. The highest BCUT2D eigenvalue weighted by Crippen LogP contribution is 2.30. The number of amides is 1. The zero-order valence-electron chi connectivity index (χ0n) is 10.8. The summed E-state index contributed by atoms with van der Waals surface area (Å²) in [7, 11) is 0. The van der Waals surface area contributed by atoms with Crippen molar-refractivity contribution < 1.29 is 22.7 Å². The third-order valence-corrected chi connectivity index (χ3v) is 2.58. The Morgan fingerprint density at radius 3 is 2.50 bits per heavy atom. The number of carbonyl (C=O) groups excluding carboxylic acids is 1. The van der Waals surface area contributed by atoms with Gasteiger partial charge in [-0.1, -0.05) is 0 Å². The summed E-state index contributed by atoms with van der Waals surface area (Å²) >= 11 is 0. The van der Waals surface area contributed by atoms with Gasteiger partial charge in [0.1, 0.15) is 5.60 Å². The van der Waals surface area contributed by atoms with Crippen molar-refractivity contribution in [2.75, 3.05) is 13.1 Å². The minimum atomic E-state index is -4.34. The quantitative estimate of drug-likeness (QED) is 0.782. The zero-order chi connectivity index (χ0) is 14.0. The molecule has 0 aromatic heterocycles. The average molecular weight is 268 g/mol. The highest BCUT2D eigenvalue weighted by molar-refractivity contribution is 5.67. The molecule has 0 radical (unpaired) electrons. The number of carbonyl (C=O) groups is 1. The van der Waals surface area contributed by atoms with Gasteiger partial charge in [0.05, 0.1) is 0 Å². The van der Waals surface area contributed by atoms with E-state index in [2.05, 4.69) is 5.32 Å². The number of alkyl halides is 3. The number of halogens is 3. The molecule has 0 aromatic carbocycles. The highest BCUT2D eigenvalue weighted by Gasteiger charge is 2.44. The van der Waals surface area contributed by atoms with Crippen LogP contribution < -0.4 is 5.32 Å². The fourth-order valence-corrected chi connectivity index (χ4v) is 1.90. The zero-order valence-corrected chi connectivity index (χ0v) is 10.8. The molecule has 1 heterocycles. The second-order valence-electron chi connectivity index (χ2n) is 5.34. The predicted molar refractivity (Wildman–Crippen MR) is 60.0 cm³/mol. The van der Waals surface area contributed by atoms with Gasteiger partial charge in [-0.3, -0.25) is 0 Å². The molecule has 1 fully saturated rings. The van der Waals surface area contributed by atoms with Crippen LogP contribution in [0.5, 0.6) is 0 Å². The Labute approximate surface area is 104 Å². The van der Waals surface area contributed by atoms with Gasteiger partial charge in [0.15, 0.2) is 0 Å². The number of nitrogens with one attached hydrogen (secondary N) is 1. The molecule has 1 rings (SSSR count). The smallest absolute Gasteiger partial charge is 0.444 e. The van der Waals surface area contributed by atoms with Crippen LogP contribution in [0.15, 0.2) is 0 Å². The molecule has 1 atom stereocenters. The van der Waals surface area contributed by atoms with E-state index >= 15 is 0 Å². The Hall–Kier alpha value is -0.980. The maximum atomic E-state index is 12.6. The first-order valence-electron chi connectivity index (χ1n) is 5.90. The number of ether oxygens (including phenoxy) is 1. The average Bonchev–Trinajstić information content (AvgIpc) is 2.58. The van der Waals surface area contributed by atoms with E-state index in [9.17, 15) is 18.0 Å². The predicted octanol–water partition coefficient (Wildman–Crippen LogP) is 2.50.